The van der Waals surface area contributed by atoms with E-state index in [1.807, 2.05) is 0 Å². The molecule has 0 amide bonds. The Labute approximate surface area is 141 Å². The first-order valence-corrected chi connectivity index (χ1v) is 8.00. The summed E-state index contributed by atoms with van der Waals surface area (Å²) in [6.07, 6.45) is 3.25. The Morgan fingerprint density at radius 1 is 1.21 bits per heavy atom. The number of phenols is 2. The third-order valence-corrected chi connectivity index (χ3v) is 4.27. The van der Waals surface area contributed by atoms with Gasteiger partial charge in [0, 0.05) is 18.5 Å². The second kappa shape index (κ2) is 6.76. The van der Waals surface area contributed by atoms with Crippen LogP contribution in [0.5, 0.6) is 11.5 Å². The van der Waals surface area contributed by atoms with Gasteiger partial charge in [-0.1, -0.05) is 17.8 Å². The van der Waals surface area contributed by atoms with Crippen molar-refractivity contribution in [1.29, 1.82) is 0 Å². The van der Waals surface area contributed by atoms with Crippen molar-refractivity contribution < 1.29 is 19.4 Å². The third kappa shape index (κ3) is 3.41. The van der Waals surface area contributed by atoms with Gasteiger partial charge in [-0.15, -0.1) is 0 Å². The Kier molecular flexibility index (Phi) is 4.52. The van der Waals surface area contributed by atoms with E-state index in [4.69, 9.17) is 0 Å². The number of aromatic hydroxyl groups is 2. The smallest absolute Gasteiger partial charge is 0.176 e. The summed E-state index contributed by atoms with van der Waals surface area (Å²) >= 11 is 1.18. The quantitative estimate of drug-likeness (QED) is 0.548. The predicted octanol–water partition coefficient (Wildman–Crippen LogP) is 3.40. The Morgan fingerprint density at radius 2 is 2.04 bits per heavy atom. The van der Waals surface area contributed by atoms with Gasteiger partial charge in [0.15, 0.2) is 10.9 Å². The van der Waals surface area contributed by atoms with Crippen LogP contribution in [0.2, 0.25) is 0 Å². The van der Waals surface area contributed by atoms with Gasteiger partial charge >= 0.3 is 0 Å². The maximum Gasteiger partial charge on any atom is 0.176 e. The van der Waals surface area contributed by atoms with Crippen molar-refractivity contribution >= 4 is 17.5 Å². The number of halogens is 1. The van der Waals surface area contributed by atoms with Crippen LogP contribution >= 0.6 is 11.8 Å². The summed E-state index contributed by atoms with van der Waals surface area (Å²) in [4.78, 5) is 16.4. The number of carbonyl (C=O) groups is 1. The van der Waals surface area contributed by atoms with Gasteiger partial charge < -0.3 is 10.2 Å². The number of ketones is 1. The fourth-order valence-electron chi connectivity index (χ4n) is 2.18. The molecule has 3 aromatic rings. The van der Waals surface area contributed by atoms with Crippen LogP contribution in [0.1, 0.15) is 10.4 Å². The minimum atomic E-state index is -0.359. The molecule has 0 unspecified atom stereocenters. The molecule has 1 heterocycles. The summed E-state index contributed by atoms with van der Waals surface area (Å²) < 4.78 is 15.0. The predicted molar refractivity (Wildman–Crippen MR) is 88.3 cm³/mol. The van der Waals surface area contributed by atoms with Crippen LogP contribution < -0.4 is 0 Å². The highest BCUT2D eigenvalue weighted by Crippen LogP contribution is 2.26. The molecule has 0 atom stereocenters. The van der Waals surface area contributed by atoms with Crippen molar-refractivity contribution in [3.05, 3.63) is 66.2 Å². The number of Topliss-reactive ketones (excluding diaryl/α,β-unsaturated/α-hetero) is 1. The molecule has 0 saturated carbocycles. The van der Waals surface area contributed by atoms with Crippen molar-refractivity contribution in [3.8, 4) is 17.2 Å². The number of thioether (sulfide) groups is 1. The molecule has 0 bridgehead atoms. The summed E-state index contributed by atoms with van der Waals surface area (Å²) in [5.74, 6) is -0.994. The van der Waals surface area contributed by atoms with E-state index in [-0.39, 0.29) is 34.4 Å². The standard InChI is InChI=1S/C17H13FN2O3S/c18-11-2-1-3-12(8-11)20-7-6-19-17(20)24-10-16(23)14-5-4-13(21)9-15(14)22/h1-9,21-22H,10H2. The lowest BCUT2D eigenvalue weighted by Gasteiger charge is -2.08. The minimum absolute atomic E-state index is 0.0463. The molecule has 3 rings (SSSR count). The molecule has 0 saturated heterocycles. The molecule has 0 aliphatic carbocycles. The van der Waals surface area contributed by atoms with Crippen molar-refractivity contribution in [1.82, 2.24) is 9.55 Å². The lowest BCUT2D eigenvalue weighted by atomic mass is 10.1. The van der Waals surface area contributed by atoms with Gasteiger partial charge in [0.1, 0.15) is 17.3 Å². The van der Waals surface area contributed by atoms with E-state index >= 15 is 0 Å². The molecule has 122 valence electrons. The number of imidazole rings is 1. The molecular formula is C17H13FN2O3S. The number of nitrogens with zero attached hydrogens (tertiary/aromatic N) is 2. The average molecular weight is 344 g/mol. The lowest BCUT2D eigenvalue weighted by Crippen LogP contribution is -2.04. The zero-order chi connectivity index (χ0) is 17.1. The van der Waals surface area contributed by atoms with Crippen LogP contribution in [0.15, 0.2) is 60.0 Å². The van der Waals surface area contributed by atoms with Gasteiger partial charge in [0.25, 0.3) is 0 Å². The molecule has 0 fully saturated rings. The zero-order valence-electron chi connectivity index (χ0n) is 12.4. The van der Waals surface area contributed by atoms with Crippen LogP contribution in [0, 0.1) is 5.82 Å². The second-order valence-electron chi connectivity index (χ2n) is 4.97. The maximum atomic E-state index is 13.4. The molecule has 2 N–H and O–H groups in total. The number of hydrogen-bond acceptors (Lipinski definition) is 5. The van der Waals surface area contributed by atoms with Gasteiger partial charge in [0.05, 0.1) is 17.0 Å². The Morgan fingerprint density at radius 3 is 2.79 bits per heavy atom. The molecule has 7 heteroatoms. The Bertz CT molecular complexity index is 895. The van der Waals surface area contributed by atoms with E-state index in [0.29, 0.717) is 10.8 Å². The summed E-state index contributed by atoms with van der Waals surface area (Å²) in [6, 6.07) is 9.88. The van der Waals surface area contributed by atoms with Crippen LogP contribution in [-0.2, 0) is 0 Å². The fourth-order valence-corrected chi connectivity index (χ4v) is 3.04. The van der Waals surface area contributed by atoms with Crippen LogP contribution in [0.25, 0.3) is 5.69 Å². The summed E-state index contributed by atoms with van der Waals surface area (Å²) in [7, 11) is 0. The third-order valence-electron chi connectivity index (χ3n) is 3.31. The molecule has 2 aromatic carbocycles. The van der Waals surface area contributed by atoms with Gasteiger partial charge in [-0.05, 0) is 30.3 Å². The molecule has 24 heavy (non-hydrogen) atoms. The molecule has 0 radical (unpaired) electrons. The number of rotatable bonds is 5. The number of phenolic OH excluding ortho intramolecular Hbond substituents is 2. The summed E-state index contributed by atoms with van der Waals surface area (Å²) in [5, 5.41) is 19.5. The van der Waals surface area contributed by atoms with Crippen molar-refractivity contribution in [2.24, 2.45) is 0 Å². The van der Waals surface area contributed by atoms with Crippen molar-refractivity contribution in [2.45, 2.75) is 5.16 Å². The molecule has 0 aliphatic heterocycles. The minimum Gasteiger partial charge on any atom is -0.508 e. The van der Waals surface area contributed by atoms with E-state index in [2.05, 4.69) is 4.98 Å². The molecule has 0 aliphatic rings. The first kappa shape index (κ1) is 16.1. The highest BCUT2D eigenvalue weighted by molar-refractivity contribution is 7.99. The maximum absolute atomic E-state index is 13.4. The normalized spacial score (nSPS) is 10.7. The van der Waals surface area contributed by atoms with Gasteiger partial charge in [-0.3, -0.25) is 9.36 Å². The van der Waals surface area contributed by atoms with Crippen LogP contribution in [-0.4, -0.2) is 31.3 Å². The summed E-state index contributed by atoms with van der Waals surface area (Å²) in [6.45, 7) is 0. The monoisotopic (exact) mass is 344 g/mol. The lowest BCUT2D eigenvalue weighted by molar-refractivity contribution is 0.102. The Hall–Kier alpha value is -2.80. The van der Waals surface area contributed by atoms with Crippen LogP contribution in [0.4, 0.5) is 4.39 Å². The zero-order valence-corrected chi connectivity index (χ0v) is 13.2. The topological polar surface area (TPSA) is 75.4 Å². The van der Waals surface area contributed by atoms with Crippen LogP contribution in [0.3, 0.4) is 0 Å². The number of carbonyl (C=O) groups excluding carboxylic acids is 1. The van der Waals surface area contributed by atoms with E-state index < -0.39 is 0 Å². The molecular weight excluding hydrogens is 331 g/mol. The molecule has 0 spiro atoms. The highest BCUT2D eigenvalue weighted by Gasteiger charge is 2.14. The fraction of sp³-hybridized carbons (Fsp3) is 0.0588. The number of benzene rings is 2. The van der Waals surface area contributed by atoms with E-state index in [1.165, 1.54) is 36.0 Å². The van der Waals surface area contributed by atoms with Crippen molar-refractivity contribution in [3.63, 3.8) is 0 Å². The number of aromatic nitrogens is 2. The van der Waals surface area contributed by atoms with E-state index in [1.54, 1.807) is 29.1 Å². The largest absolute Gasteiger partial charge is 0.508 e. The number of hydrogen-bond donors (Lipinski definition) is 2. The van der Waals surface area contributed by atoms with Gasteiger partial charge in [0.2, 0.25) is 0 Å². The SMILES string of the molecule is O=C(CSc1nccn1-c1cccc(F)c1)c1ccc(O)cc1O. The second-order valence-corrected chi connectivity index (χ2v) is 5.92. The molecule has 1 aromatic heterocycles. The van der Waals surface area contributed by atoms with Gasteiger partial charge in [-0.2, -0.15) is 0 Å². The highest BCUT2D eigenvalue weighted by atomic mass is 32.2. The Balaban J connectivity index is 1.76. The van der Waals surface area contributed by atoms with Gasteiger partial charge in [-0.25, -0.2) is 9.37 Å². The van der Waals surface area contributed by atoms with E-state index in [0.717, 1.165) is 6.07 Å². The first-order valence-electron chi connectivity index (χ1n) is 7.02. The van der Waals surface area contributed by atoms with E-state index in [9.17, 15) is 19.4 Å². The summed E-state index contributed by atoms with van der Waals surface area (Å²) in [5.41, 5.74) is 0.735. The average Bonchev–Trinajstić information content (AvgIpc) is 3.01. The first-order chi connectivity index (χ1) is 11.5. The van der Waals surface area contributed by atoms with Crippen molar-refractivity contribution in [2.75, 3.05) is 5.75 Å². The molecule has 5 nitrogen and oxygen atoms in total.